The number of nitrogens with zero attached hydrogens (tertiary/aromatic N) is 6. The minimum Gasteiger partial charge on any atom is -0.310 e. The molecule has 21 aromatic rings. The van der Waals surface area contributed by atoms with Crippen LogP contribution in [0.3, 0.4) is 0 Å². The van der Waals surface area contributed by atoms with Gasteiger partial charge in [0.2, 0.25) is 0 Å². The average molecular weight is 1570 g/mol. The number of aromatic nitrogens is 4. The van der Waals surface area contributed by atoms with Crippen molar-refractivity contribution in [1.29, 1.82) is 0 Å². The predicted octanol–water partition coefficient (Wildman–Crippen LogP) is 28.7. The third-order valence-electron chi connectivity index (χ3n) is 25.5. The van der Waals surface area contributed by atoms with Crippen LogP contribution in [0.2, 0.25) is 0 Å². The number of hydrogen-bond acceptors (Lipinski definition) is 4. The van der Waals surface area contributed by atoms with Crippen molar-refractivity contribution in [3.8, 4) is 123 Å². The van der Waals surface area contributed by atoms with Crippen LogP contribution in [0, 0.1) is 0 Å². The first kappa shape index (κ1) is 72.5. The minimum atomic E-state index is -0.413. The fourth-order valence-electron chi connectivity index (χ4n) is 19.7. The minimum absolute atomic E-state index is 0.342. The van der Waals surface area contributed by atoms with Crippen molar-refractivity contribution in [2.24, 2.45) is 0 Å². The van der Waals surface area contributed by atoms with E-state index >= 15 is 0 Å². The molecule has 7 heteroatoms. The summed E-state index contributed by atoms with van der Waals surface area (Å²) in [6.07, 6.45) is 7.77. The van der Waals surface area contributed by atoms with Gasteiger partial charge in [-0.2, -0.15) is 0 Å². The second-order valence-corrected chi connectivity index (χ2v) is 33.5. The number of pyridine rings is 2. The monoisotopic (exact) mass is 1570 g/mol. The zero-order valence-electron chi connectivity index (χ0n) is 68.3. The molecule has 17 aromatic carbocycles. The number of fused-ring (bicyclic) bond motifs is 10. The van der Waals surface area contributed by atoms with Crippen molar-refractivity contribution in [3.05, 3.63) is 443 Å². The summed E-state index contributed by atoms with van der Waals surface area (Å²) in [4.78, 5) is 14.9. The van der Waals surface area contributed by atoms with Gasteiger partial charge in [-0.15, -0.1) is 0 Å². The van der Waals surface area contributed by atoms with Crippen LogP contribution < -0.4 is 26.2 Å². The van der Waals surface area contributed by atoms with Crippen molar-refractivity contribution in [2.75, 3.05) is 9.80 Å². The number of hydrogen-bond donors (Lipinski definition) is 0. The Morgan fingerprint density at radius 3 is 0.829 bits per heavy atom. The van der Waals surface area contributed by atoms with Crippen LogP contribution in [0.15, 0.2) is 437 Å². The molecule has 0 atom stereocenters. The molecule has 0 fully saturated rings. The highest BCUT2D eigenvalue weighted by molar-refractivity contribution is 7.00. The lowest BCUT2D eigenvalue weighted by Gasteiger charge is -2.46. The van der Waals surface area contributed by atoms with Gasteiger partial charge >= 0.3 is 0 Å². The summed E-state index contributed by atoms with van der Waals surface area (Å²) >= 11 is 0. The smallest absolute Gasteiger partial charge is 0.252 e. The van der Waals surface area contributed by atoms with Crippen molar-refractivity contribution in [2.45, 2.75) is 26.2 Å². The lowest BCUT2D eigenvalue weighted by atomic mass is 9.33. The van der Waals surface area contributed by atoms with Crippen molar-refractivity contribution < 1.29 is 0 Å². The Kier molecular flexibility index (Phi) is 17.5. The van der Waals surface area contributed by atoms with Gasteiger partial charge in [-0.05, 0) is 226 Å². The van der Waals surface area contributed by atoms with Gasteiger partial charge in [-0.3, -0.25) is 9.97 Å². The molecule has 23 rings (SSSR count). The summed E-state index contributed by atoms with van der Waals surface area (Å²) in [5, 5.41) is 4.71. The summed E-state index contributed by atoms with van der Waals surface area (Å²) in [5.74, 6) is 0. The molecule has 0 saturated carbocycles. The van der Waals surface area contributed by atoms with Gasteiger partial charge in [0.05, 0.1) is 33.4 Å². The lowest BCUT2D eigenvalue weighted by Crippen LogP contribution is -2.61. The Balaban J connectivity index is 0.866. The van der Waals surface area contributed by atoms with E-state index in [1.165, 1.54) is 88.0 Å². The van der Waals surface area contributed by atoms with Crippen LogP contribution in [-0.2, 0) is 5.41 Å². The van der Waals surface area contributed by atoms with Gasteiger partial charge < -0.3 is 18.9 Å². The summed E-state index contributed by atoms with van der Waals surface area (Å²) < 4.78 is 5.06. The number of para-hydroxylation sites is 2. The number of rotatable bonds is 14. The molecule has 2 aliphatic rings. The quantitative estimate of drug-likeness (QED) is 0.102. The van der Waals surface area contributed by atoms with Crippen LogP contribution >= 0.6 is 0 Å². The Morgan fingerprint density at radius 1 is 0.220 bits per heavy atom. The van der Waals surface area contributed by atoms with Gasteiger partial charge in [-0.25, -0.2) is 0 Å². The van der Waals surface area contributed by atoms with E-state index in [0.29, 0.717) is 0 Å². The molecule has 0 saturated heterocycles. The molecule has 2 aliphatic heterocycles. The van der Waals surface area contributed by atoms with E-state index in [1.54, 1.807) is 0 Å². The van der Waals surface area contributed by atoms with Gasteiger partial charge in [0.1, 0.15) is 0 Å². The van der Waals surface area contributed by atoms with E-state index in [0.717, 1.165) is 134 Å². The highest BCUT2D eigenvalue weighted by atomic mass is 15.2. The predicted molar refractivity (Wildman–Crippen MR) is 518 cm³/mol. The maximum Gasteiger partial charge on any atom is 0.252 e. The molecule has 0 radical (unpaired) electrons. The highest BCUT2D eigenvalue weighted by Gasteiger charge is 2.47. The molecule has 0 bridgehead atoms. The summed E-state index contributed by atoms with van der Waals surface area (Å²) in [5.41, 5.74) is 39.8. The van der Waals surface area contributed by atoms with Crippen molar-refractivity contribution >= 4 is 101 Å². The van der Waals surface area contributed by atoms with Gasteiger partial charge in [0, 0.05) is 103 Å². The average Bonchev–Trinajstić information content (AvgIpc) is 1.02. The fraction of sp³-hybridized carbons (Fsp3) is 0.0345. The van der Waals surface area contributed by atoms with Crippen LogP contribution in [0.1, 0.15) is 26.3 Å². The number of benzene rings is 17. The molecule has 0 spiro atoms. The van der Waals surface area contributed by atoms with Crippen molar-refractivity contribution in [1.82, 2.24) is 19.1 Å². The molecule has 123 heavy (non-hydrogen) atoms. The zero-order chi connectivity index (χ0) is 81.8. The Hall–Kier alpha value is -15.7. The van der Waals surface area contributed by atoms with E-state index in [-0.39, 0.29) is 6.71 Å². The molecule has 0 amide bonds. The van der Waals surface area contributed by atoms with Crippen LogP contribution in [-0.4, -0.2) is 25.8 Å². The summed E-state index contributed by atoms with van der Waals surface area (Å²) in [7, 11) is 0. The molecule has 0 unspecified atom stereocenters. The van der Waals surface area contributed by atoms with E-state index in [9.17, 15) is 0 Å². The van der Waals surface area contributed by atoms with E-state index in [1.807, 2.05) is 24.8 Å². The molecule has 4 aromatic heterocycles. The maximum absolute atomic E-state index is 4.73. The van der Waals surface area contributed by atoms with Crippen molar-refractivity contribution in [3.63, 3.8) is 0 Å². The van der Waals surface area contributed by atoms with E-state index in [2.05, 4.69) is 452 Å². The summed E-state index contributed by atoms with van der Waals surface area (Å²) in [6, 6.07) is 154. The molecule has 0 N–H and O–H groups in total. The standard InChI is InChI=1S/C116H81BN6/c1-116(2,3)88-72-111-113-112(73-88)123(115-94(83-62-66-119-67-63-83)45-27-47-98(115)96-43-25-23-41-92(96)81-38-20-9-21-39-81)110-75-90(121-107-58-50-86(78-32-14-6-15-33-78)70-101(107)102-71-87(51-59-108(102)121)79-34-16-7-17-35-79)53-55-104(110)117(113)103-54-52-89(120-105-56-48-84(76-28-10-4-11-29-76)68-99(105)100-69-85(49-57-106(100)120)77-30-12-5-13-31-77)74-109(103)122(111)114-93(82-60-64-118-65-61-82)44-26-46-97(114)95-42-24-22-40-91(95)80-36-18-8-19-37-80/h4-75H,1-3H3. The summed E-state index contributed by atoms with van der Waals surface area (Å²) in [6.45, 7) is 6.82. The highest BCUT2D eigenvalue weighted by Crippen LogP contribution is 2.56. The topological polar surface area (TPSA) is 42.1 Å². The van der Waals surface area contributed by atoms with Gasteiger partial charge in [0.15, 0.2) is 0 Å². The van der Waals surface area contributed by atoms with Gasteiger partial charge in [0.25, 0.3) is 6.71 Å². The molecular weight excluding hydrogens is 1490 g/mol. The molecule has 0 aliphatic carbocycles. The van der Waals surface area contributed by atoms with Crippen LogP contribution in [0.5, 0.6) is 0 Å². The van der Waals surface area contributed by atoms with Crippen LogP contribution in [0.25, 0.3) is 166 Å². The third kappa shape index (κ3) is 12.3. The Morgan fingerprint density at radius 2 is 0.504 bits per heavy atom. The molecular formula is C116H81BN6. The first-order chi connectivity index (χ1) is 60.7. The Labute approximate surface area is 716 Å². The second-order valence-electron chi connectivity index (χ2n) is 33.5. The van der Waals surface area contributed by atoms with E-state index in [4.69, 9.17) is 9.97 Å². The van der Waals surface area contributed by atoms with E-state index < -0.39 is 5.41 Å². The third-order valence-corrected chi connectivity index (χ3v) is 25.5. The normalized spacial score (nSPS) is 12.3. The van der Waals surface area contributed by atoms with Gasteiger partial charge in [-0.1, -0.05) is 324 Å². The second kappa shape index (κ2) is 29.7. The Bertz CT molecular complexity index is 7050. The van der Waals surface area contributed by atoms with Crippen LogP contribution in [0.4, 0.5) is 34.1 Å². The molecule has 6 heterocycles. The zero-order valence-corrected chi connectivity index (χ0v) is 68.3. The maximum atomic E-state index is 4.73. The first-order valence-electron chi connectivity index (χ1n) is 42.5. The number of anilines is 6. The first-order valence-corrected chi connectivity index (χ1v) is 42.5. The fourth-order valence-corrected chi connectivity index (χ4v) is 19.7. The largest absolute Gasteiger partial charge is 0.310 e. The molecule has 6 nitrogen and oxygen atoms in total. The lowest BCUT2D eigenvalue weighted by molar-refractivity contribution is 0.590. The molecule has 578 valence electrons. The SMILES string of the molecule is CC(C)(C)c1cc2c3c(c1)N(c1c(-c4ccncc4)cccc1-c1ccccc1-c1ccccc1)c1cc(-n4c5ccc(-c6ccccc6)cc5c5cc(-c6ccccc6)ccc54)ccc1B3c1ccc(-n3c4ccc(-c5ccccc5)cc4c4cc(-c5ccccc5)ccc43)cc1N2c1c(-c2ccncc2)cccc1-c1ccccc1-c1ccccc1.